The van der Waals surface area contributed by atoms with Gasteiger partial charge in [0.25, 0.3) is 0 Å². The van der Waals surface area contributed by atoms with E-state index >= 15 is 0 Å². The molecule has 1 aromatic rings. The summed E-state index contributed by atoms with van der Waals surface area (Å²) in [6.07, 6.45) is 5.40. The fourth-order valence-electron chi connectivity index (χ4n) is 3.56. The van der Waals surface area contributed by atoms with E-state index in [1.54, 1.807) is 0 Å². The third kappa shape index (κ3) is 2.60. The lowest BCUT2D eigenvalue weighted by atomic mass is 9.69. The first kappa shape index (κ1) is 13.6. The Balaban J connectivity index is 2.35. The number of methoxy groups -OCH3 is 1. The van der Waals surface area contributed by atoms with E-state index in [0.29, 0.717) is 0 Å². The van der Waals surface area contributed by atoms with Crippen molar-refractivity contribution in [3.8, 4) is 0 Å². The number of likely N-dealkylation sites (N-methyl/N-ethyl adjacent to an activating group) is 1. The second-order valence-electron chi connectivity index (χ2n) is 5.47. The minimum Gasteiger partial charge on any atom is -0.384 e. The highest BCUT2D eigenvalue weighted by molar-refractivity contribution is 5.28. The van der Waals surface area contributed by atoms with Crippen molar-refractivity contribution in [3.05, 3.63) is 35.9 Å². The summed E-state index contributed by atoms with van der Waals surface area (Å²) < 4.78 is 5.59. The topological polar surface area (TPSA) is 21.3 Å². The van der Waals surface area contributed by atoms with Crippen molar-refractivity contribution >= 4 is 0 Å². The first-order chi connectivity index (χ1) is 8.83. The van der Waals surface area contributed by atoms with Crippen molar-refractivity contribution in [1.29, 1.82) is 0 Å². The summed E-state index contributed by atoms with van der Waals surface area (Å²) in [4.78, 5) is 0. The van der Waals surface area contributed by atoms with Crippen molar-refractivity contribution in [3.63, 3.8) is 0 Å². The zero-order chi connectivity index (χ0) is 12.8. The average Bonchev–Trinajstić information content (AvgIpc) is 2.94. The van der Waals surface area contributed by atoms with Crippen molar-refractivity contribution < 1.29 is 4.74 Å². The quantitative estimate of drug-likeness (QED) is 0.834. The fraction of sp³-hybridized carbons (Fsp3) is 0.625. The maximum absolute atomic E-state index is 5.59. The lowest BCUT2D eigenvalue weighted by molar-refractivity contribution is 0.0911. The van der Waals surface area contributed by atoms with Crippen molar-refractivity contribution in [1.82, 2.24) is 5.32 Å². The molecule has 0 aliphatic heterocycles. The molecular formula is C16H25NO. The van der Waals surface area contributed by atoms with Gasteiger partial charge >= 0.3 is 0 Å². The van der Waals surface area contributed by atoms with Crippen molar-refractivity contribution in [2.45, 2.75) is 31.1 Å². The molecular weight excluding hydrogens is 222 g/mol. The number of ether oxygens (including phenoxy) is 1. The Hall–Kier alpha value is -0.860. The summed E-state index contributed by atoms with van der Waals surface area (Å²) in [6.45, 7) is 1.80. The van der Waals surface area contributed by atoms with Crippen LogP contribution in [0.1, 0.15) is 31.2 Å². The van der Waals surface area contributed by atoms with E-state index in [2.05, 4.69) is 35.6 Å². The SMILES string of the molecule is CNCC(COC)(c1ccccc1)C1CCCC1. The molecule has 0 amide bonds. The molecule has 2 rings (SSSR count). The molecule has 100 valence electrons. The summed E-state index contributed by atoms with van der Waals surface area (Å²) in [6, 6.07) is 10.9. The molecule has 1 N–H and O–H groups in total. The molecule has 0 bridgehead atoms. The molecule has 1 aliphatic rings. The molecule has 18 heavy (non-hydrogen) atoms. The average molecular weight is 247 g/mol. The Morgan fingerprint density at radius 1 is 1.22 bits per heavy atom. The second-order valence-corrected chi connectivity index (χ2v) is 5.47. The first-order valence-electron chi connectivity index (χ1n) is 7.02. The van der Waals surface area contributed by atoms with Crippen LogP contribution in [0, 0.1) is 5.92 Å². The number of hydrogen-bond donors (Lipinski definition) is 1. The van der Waals surface area contributed by atoms with Crippen LogP contribution in [0.4, 0.5) is 0 Å². The maximum atomic E-state index is 5.59. The molecule has 0 saturated heterocycles. The lowest BCUT2D eigenvalue weighted by Crippen LogP contribution is -2.46. The monoisotopic (exact) mass is 247 g/mol. The van der Waals surface area contributed by atoms with Gasteiger partial charge in [0.2, 0.25) is 0 Å². The number of hydrogen-bond acceptors (Lipinski definition) is 2. The van der Waals surface area contributed by atoms with Crippen LogP contribution in [0.25, 0.3) is 0 Å². The molecule has 1 saturated carbocycles. The number of benzene rings is 1. The minimum atomic E-state index is 0.140. The smallest absolute Gasteiger partial charge is 0.0574 e. The second kappa shape index (κ2) is 6.35. The highest BCUT2D eigenvalue weighted by atomic mass is 16.5. The molecule has 1 atom stereocenters. The van der Waals surface area contributed by atoms with E-state index in [1.165, 1.54) is 31.2 Å². The summed E-state index contributed by atoms with van der Waals surface area (Å²) in [5, 5.41) is 3.39. The lowest BCUT2D eigenvalue weighted by Gasteiger charge is -2.39. The van der Waals surface area contributed by atoms with Crippen LogP contribution < -0.4 is 5.32 Å². The Kier molecular flexibility index (Phi) is 4.79. The predicted octanol–water partition coefficient (Wildman–Crippen LogP) is 2.98. The zero-order valence-corrected chi connectivity index (χ0v) is 11.6. The van der Waals surface area contributed by atoms with E-state index in [0.717, 1.165) is 19.1 Å². The van der Waals surface area contributed by atoms with Crippen LogP contribution in [0.2, 0.25) is 0 Å². The standard InChI is InChI=1S/C16H25NO/c1-17-12-16(13-18-2,15-10-6-7-11-15)14-8-4-3-5-9-14/h3-5,8-9,15,17H,6-7,10-13H2,1-2H3. The van der Waals surface area contributed by atoms with E-state index in [-0.39, 0.29) is 5.41 Å². The molecule has 1 aliphatic carbocycles. The molecule has 1 fully saturated rings. The fourth-order valence-corrected chi connectivity index (χ4v) is 3.56. The van der Waals surface area contributed by atoms with Gasteiger partial charge in [-0.3, -0.25) is 0 Å². The molecule has 0 heterocycles. The highest BCUT2D eigenvalue weighted by Gasteiger charge is 2.41. The summed E-state index contributed by atoms with van der Waals surface area (Å²) >= 11 is 0. The first-order valence-corrected chi connectivity index (χ1v) is 7.02. The molecule has 0 aromatic heterocycles. The van der Waals surface area contributed by atoms with Gasteiger partial charge in [-0.1, -0.05) is 43.2 Å². The van der Waals surface area contributed by atoms with Gasteiger partial charge in [0.05, 0.1) is 6.61 Å². The summed E-state index contributed by atoms with van der Waals surface area (Å²) in [5.41, 5.74) is 1.56. The molecule has 1 unspecified atom stereocenters. The Morgan fingerprint density at radius 2 is 1.89 bits per heavy atom. The van der Waals surface area contributed by atoms with Crippen molar-refractivity contribution in [2.24, 2.45) is 5.92 Å². The molecule has 0 spiro atoms. The van der Waals surface area contributed by atoms with Gasteiger partial charge < -0.3 is 10.1 Å². The third-order valence-corrected chi connectivity index (χ3v) is 4.38. The van der Waals surface area contributed by atoms with Crippen LogP contribution in [-0.4, -0.2) is 27.3 Å². The summed E-state index contributed by atoms with van der Waals surface area (Å²) in [7, 11) is 3.87. The van der Waals surface area contributed by atoms with Gasteiger partial charge in [0.1, 0.15) is 0 Å². The normalized spacial score (nSPS) is 19.9. The van der Waals surface area contributed by atoms with Crippen molar-refractivity contribution in [2.75, 3.05) is 27.3 Å². The van der Waals surface area contributed by atoms with Gasteiger partial charge in [-0.2, -0.15) is 0 Å². The number of rotatable bonds is 6. The highest BCUT2D eigenvalue weighted by Crippen LogP contribution is 2.42. The van der Waals surface area contributed by atoms with E-state index in [9.17, 15) is 0 Å². The van der Waals surface area contributed by atoms with Crippen LogP contribution in [-0.2, 0) is 10.2 Å². The van der Waals surface area contributed by atoms with E-state index in [4.69, 9.17) is 4.74 Å². The van der Waals surface area contributed by atoms with E-state index in [1.807, 2.05) is 14.2 Å². The third-order valence-electron chi connectivity index (χ3n) is 4.38. The Bertz CT molecular complexity index is 337. The van der Waals surface area contributed by atoms with Crippen LogP contribution in [0.5, 0.6) is 0 Å². The van der Waals surface area contributed by atoms with Crippen LogP contribution in [0.15, 0.2) is 30.3 Å². The predicted molar refractivity (Wildman–Crippen MR) is 75.9 cm³/mol. The zero-order valence-electron chi connectivity index (χ0n) is 11.6. The largest absolute Gasteiger partial charge is 0.384 e. The molecule has 2 nitrogen and oxygen atoms in total. The minimum absolute atomic E-state index is 0.140. The maximum Gasteiger partial charge on any atom is 0.0574 e. The Labute approximate surface area is 111 Å². The molecule has 2 heteroatoms. The van der Waals surface area contributed by atoms with E-state index < -0.39 is 0 Å². The van der Waals surface area contributed by atoms with Crippen LogP contribution in [0.3, 0.4) is 0 Å². The summed E-state index contributed by atoms with van der Waals surface area (Å²) in [5.74, 6) is 0.743. The van der Waals surface area contributed by atoms with Gasteiger partial charge in [-0.05, 0) is 31.4 Å². The molecule has 0 radical (unpaired) electrons. The number of nitrogens with one attached hydrogen (secondary N) is 1. The van der Waals surface area contributed by atoms with Gasteiger partial charge in [0, 0.05) is 19.1 Å². The van der Waals surface area contributed by atoms with Gasteiger partial charge in [0.15, 0.2) is 0 Å². The molecule has 1 aromatic carbocycles. The Morgan fingerprint density at radius 3 is 2.44 bits per heavy atom. The van der Waals surface area contributed by atoms with Crippen LogP contribution >= 0.6 is 0 Å². The van der Waals surface area contributed by atoms with Gasteiger partial charge in [-0.15, -0.1) is 0 Å². The van der Waals surface area contributed by atoms with Gasteiger partial charge in [-0.25, -0.2) is 0 Å².